The number of hydrogen-bond donors (Lipinski definition) is 0. The lowest BCUT2D eigenvalue weighted by Gasteiger charge is -2.16. The first-order valence-electron chi connectivity index (χ1n) is 16.6. The van der Waals surface area contributed by atoms with E-state index < -0.39 is 0 Å². The molecule has 0 fully saturated rings. The van der Waals surface area contributed by atoms with Gasteiger partial charge < -0.3 is 0 Å². The lowest BCUT2D eigenvalue weighted by atomic mass is 9.92. The smallest absolute Gasteiger partial charge is 0.161 e. The van der Waals surface area contributed by atoms with Gasteiger partial charge in [0.2, 0.25) is 0 Å². The molecule has 0 amide bonds. The van der Waals surface area contributed by atoms with Crippen molar-refractivity contribution in [2.45, 2.75) is 0 Å². The van der Waals surface area contributed by atoms with Crippen LogP contribution in [0, 0.1) is 0 Å². The van der Waals surface area contributed by atoms with Crippen molar-refractivity contribution in [2.75, 3.05) is 0 Å². The Morgan fingerprint density at radius 3 is 1.90 bits per heavy atom. The van der Waals surface area contributed by atoms with Gasteiger partial charge >= 0.3 is 0 Å². The van der Waals surface area contributed by atoms with E-state index in [2.05, 4.69) is 170 Å². The standard InChI is InChI=1S/C46H28N2S/c1-2-12-29(13-3-1)33-16-8-9-19-36(33)42-28-41(32-23-25-44-40(27-32)37-20-10-11-21-43(37)49-44)47-46(48-42)45-35-18-7-5-15-31(35)26-39-34-17-6-4-14-30(34)22-24-38(39)45/h1-28H. The Hall–Kier alpha value is -6.16. The van der Waals surface area contributed by atoms with Crippen LogP contribution in [0.3, 0.4) is 0 Å². The van der Waals surface area contributed by atoms with Crippen LogP contribution in [0.2, 0.25) is 0 Å². The summed E-state index contributed by atoms with van der Waals surface area (Å²) in [6.45, 7) is 0. The van der Waals surface area contributed by atoms with Crippen LogP contribution >= 0.6 is 11.3 Å². The van der Waals surface area contributed by atoms with Crippen molar-refractivity contribution >= 4 is 63.8 Å². The SMILES string of the molecule is c1ccc(-c2ccccc2-c2cc(-c3ccc4sc5ccccc5c4c3)nc(-c3c4ccccc4cc4c3ccc3ccccc34)n2)cc1. The molecule has 2 heterocycles. The van der Waals surface area contributed by atoms with Gasteiger partial charge in [0.1, 0.15) is 0 Å². The first kappa shape index (κ1) is 27.9. The molecule has 8 aromatic carbocycles. The molecule has 2 nitrogen and oxygen atoms in total. The predicted molar refractivity (Wildman–Crippen MR) is 209 cm³/mol. The third-order valence-corrected chi connectivity index (χ3v) is 10.8. The van der Waals surface area contributed by atoms with E-state index in [4.69, 9.17) is 9.97 Å². The second-order valence-corrected chi connectivity index (χ2v) is 13.6. The van der Waals surface area contributed by atoms with Crippen molar-refractivity contribution in [3.05, 3.63) is 170 Å². The van der Waals surface area contributed by atoms with Crippen molar-refractivity contribution in [3.8, 4) is 45.0 Å². The Bertz CT molecular complexity index is 2890. The Kier molecular flexibility index (Phi) is 6.39. The van der Waals surface area contributed by atoms with Gasteiger partial charge in [-0.2, -0.15) is 0 Å². The van der Waals surface area contributed by atoms with Gasteiger partial charge in [-0.05, 0) is 73.8 Å². The molecule has 0 bridgehead atoms. The number of aromatic nitrogens is 2. The number of rotatable bonds is 4. The highest BCUT2D eigenvalue weighted by Crippen LogP contribution is 2.42. The fourth-order valence-electron chi connectivity index (χ4n) is 7.37. The minimum Gasteiger partial charge on any atom is -0.228 e. The summed E-state index contributed by atoms with van der Waals surface area (Å²) in [4.78, 5) is 10.9. The molecular weight excluding hydrogens is 613 g/mol. The zero-order chi connectivity index (χ0) is 32.3. The van der Waals surface area contributed by atoms with Gasteiger partial charge in [-0.15, -0.1) is 11.3 Å². The third-order valence-electron chi connectivity index (χ3n) is 9.68. The molecule has 0 aliphatic carbocycles. The molecule has 49 heavy (non-hydrogen) atoms. The lowest BCUT2D eigenvalue weighted by molar-refractivity contribution is 1.19. The van der Waals surface area contributed by atoms with Crippen LogP contribution in [0.15, 0.2) is 170 Å². The maximum atomic E-state index is 5.46. The summed E-state index contributed by atoms with van der Waals surface area (Å²) in [5, 5.41) is 9.66. The number of hydrogen-bond acceptors (Lipinski definition) is 3. The lowest BCUT2D eigenvalue weighted by Crippen LogP contribution is -1.98. The van der Waals surface area contributed by atoms with Crippen molar-refractivity contribution in [1.29, 1.82) is 0 Å². The molecule has 0 aliphatic heterocycles. The minimum absolute atomic E-state index is 0.725. The molecule has 3 heteroatoms. The van der Waals surface area contributed by atoms with Crippen molar-refractivity contribution in [1.82, 2.24) is 9.97 Å². The molecule has 2 aromatic heterocycles. The van der Waals surface area contributed by atoms with E-state index >= 15 is 0 Å². The third kappa shape index (κ3) is 4.62. The highest BCUT2D eigenvalue weighted by molar-refractivity contribution is 7.25. The van der Waals surface area contributed by atoms with E-state index in [9.17, 15) is 0 Å². The molecule has 0 spiro atoms. The van der Waals surface area contributed by atoms with Gasteiger partial charge in [-0.3, -0.25) is 0 Å². The average Bonchev–Trinajstić information content (AvgIpc) is 3.55. The van der Waals surface area contributed by atoms with Gasteiger partial charge in [0, 0.05) is 36.9 Å². The van der Waals surface area contributed by atoms with Crippen LogP contribution in [0.1, 0.15) is 0 Å². The molecule has 0 aliphatic rings. The molecular formula is C46H28N2S. The summed E-state index contributed by atoms with van der Waals surface area (Å²) in [6, 6.07) is 60.8. The van der Waals surface area contributed by atoms with Crippen LogP contribution in [-0.2, 0) is 0 Å². The summed E-state index contributed by atoms with van der Waals surface area (Å²) in [5.41, 5.74) is 7.32. The van der Waals surface area contributed by atoms with Crippen molar-refractivity contribution in [3.63, 3.8) is 0 Å². The zero-order valence-electron chi connectivity index (χ0n) is 26.5. The number of nitrogens with zero attached hydrogens (tertiary/aromatic N) is 2. The van der Waals surface area contributed by atoms with Crippen LogP contribution in [-0.4, -0.2) is 9.97 Å². The topological polar surface area (TPSA) is 25.8 Å². The molecule has 0 radical (unpaired) electrons. The molecule has 0 atom stereocenters. The summed E-state index contributed by atoms with van der Waals surface area (Å²) in [5.74, 6) is 0.725. The summed E-state index contributed by atoms with van der Waals surface area (Å²) in [6.07, 6.45) is 0. The van der Waals surface area contributed by atoms with Crippen molar-refractivity contribution < 1.29 is 0 Å². The first-order valence-corrected chi connectivity index (χ1v) is 17.4. The van der Waals surface area contributed by atoms with Gasteiger partial charge in [-0.1, -0.05) is 140 Å². The quantitative estimate of drug-likeness (QED) is 0.141. The number of benzene rings is 8. The molecule has 0 N–H and O–H groups in total. The first-order chi connectivity index (χ1) is 24.3. The van der Waals surface area contributed by atoms with Crippen LogP contribution in [0.25, 0.3) is 97.5 Å². The Morgan fingerprint density at radius 1 is 0.347 bits per heavy atom. The highest BCUT2D eigenvalue weighted by Gasteiger charge is 2.19. The summed E-state index contributed by atoms with van der Waals surface area (Å²) in [7, 11) is 0. The van der Waals surface area contributed by atoms with Crippen LogP contribution < -0.4 is 0 Å². The van der Waals surface area contributed by atoms with E-state index in [1.54, 1.807) is 0 Å². The second-order valence-electron chi connectivity index (χ2n) is 12.5. The number of thiophene rings is 1. The Balaban J connectivity index is 1.30. The van der Waals surface area contributed by atoms with E-state index in [-0.39, 0.29) is 0 Å². The van der Waals surface area contributed by atoms with E-state index in [0.717, 1.165) is 55.8 Å². The molecule has 10 aromatic rings. The fourth-order valence-corrected chi connectivity index (χ4v) is 8.45. The zero-order valence-corrected chi connectivity index (χ0v) is 27.3. The molecule has 0 saturated carbocycles. The van der Waals surface area contributed by atoms with Gasteiger partial charge in [0.25, 0.3) is 0 Å². The summed E-state index contributed by atoms with van der Waals surface area (Å²) < 4.78 is 2.57. The predicted octanol–water partition coefficient (Wildman–Crippen LogP) is 13.0. The van der Waals surface area contributed by atoms with Gasteiger partial charge in [0.05, 0.1) is 11.4 Å². The van der Waals surface area contributed by atoms with Gasteiger partial charge in [0.15, 0.2) is 5.82 Å². The van der Waals surface area contributed by atoms with E-state index in [0.29, 0.717) is 0 Å². The highest BCUT2D eigenvalue weighted by atomic mass is 32.1. The van der Waals surface area contributed by atoms with Crippen LogP contribution in [0.4, 0.5) is 0 Å². The minimum atomic E-state index is 0.725. The Labute approximate surface area is 287 Å². The maximum Gasteiger partial charge on any atom is 0.161 e. The monoisotopic (exact) mass is 640 g/mol. The van der Waals surface area contributed by atoms with Gasteiger partial charge in [-0.25, -0.2) is 9.97 Å². The Morgan fingerprint density at radius 2 is 1.02 bits per heavy atom. The molecule has 10 rings (SSSR count). The molecule has 0 unspecified atom stereocenters. The summed E-state index contributed by atoms with van der Waals surface area (Å²) >= 11 is 1.84. The molecule has 228 valence electrons. The normalized spacial score (nSPS) is 11.7. The van der Waals surface area contributed by atoms with Crippen molar-refractivity contribution in [2.24, 2.45) is 0 Å². The number of fused-ring (bicyclic) bond motifs is 7. The second kappa shape index (κ2) is 11.2. The fraction of sp³-hybridized carbons (Fsp3) is 0. The van der Waals surface area contributed by atoms with E-state index in [1.165, 1.54) is 41.7 Å². The molecule has 0 saturated heterocycles. The van der Waals surface area contributed by atoms with E-state index in [1.807, 2.05) is 11.3 Å². The largest absolute Gasteiger partial charge is 0.228 e. The maximum absolute atomic E-state index is 5.46. The average molecular weight is 641 g/mol. The van der Waals surface area contributed by atoms with Crippen LogP contribution in [0.5, 0.6) is 0 Å².